The van der Waals surface area contributed by atoms with Gasteiger partial charge in [-0.3, -0.25) is 29.4 Å². The Hall–Kier alpha value is -5.23. The van der Waals surface area contributed by atoms with E-state index < -0.39 is 11.2 Å². The van der Waals surface area contributed by atoms with Crippen LogP contribution in [0.2, 0.25) is 0 Å². The monoisotopic (exact) mass is 644 g/mol. The Labute approximate surface area is 277 Å². The van der Waals surface area contributed by atoms with E-state index in [1.54, 1.807) is 7.05 Å². The number of aromatic nitrogens is 4. The molecule has 12 heteroatoms. The maximum Gasteiger partial charge on any atom is 0.437 e. The SMILES string of the molecule is Cc1ccc(C2=NCc3ccc(N4CC[C@]5(CCN(CC(=O)N6CC=C(c7ccc(-c8nn(C)c(=O)o8)cc7)CC6)C5)C4=O)nc32)cn1. The highest BCUT2D eigenvalue weighted by molar-refractivity contribution is 6.14. The first kappa shape index (κ1) is 30.1. The van der Waals surface area contributed by atoms with Crippen molar-refractivity contribution in [1.82, 2.24) is 29.5 Å². The molecule has 1 aromatic carbocycles. The molecule has 3 aromatic heterocycles. The minimum atomic E-state index is -0.497. The van der Waals surface area contributed by atoms with E-state index in [0.717, 1.165) is 65.2 Å². The molecule has 7 heterocycles. The fourth-order valence-electron chi connectivity index (χ4n) is 7.29. The van der Waals surface area contributed by atoms with Crippen LogP contribution in [0.4, 0.5) is 5.82 Å². The van der Waals surface area contributed by atoms with Crippen LogP contribution in [0.15, 0.2) is 75.0 Å². The van der Waals surface area contributed by atoms with Gasteiger partial charge in [0.05, 0.1) is 29.9 Å². The van der Waals surface area contributed by atoms with Gasteiger partial charge in [-0.2, -0.15) is 4.68 Å². The number of rotatable bonds is 6. The summed E-state index contributed by atoms with van der Waals surface area (Å²) in [4.78, 5) is 58.9. The average molecular weight is 645 g/mol. The number of nitrogens with zero attached hydrogens (tertiary/aromatic N) is 8. The molecule has 8 rings (SSSR count). The Morgan fingerprint density at radius 2 is 1.75 bits per heavy atom. The number of pyridine rings is 2. The topological polar surface area (TPSA) is 130 Å². The molecule has 244 valence electrons. The minimum absolute atomic E-state index is 0.0860. The zero-order chi connectivity index (χ0) is 33.0. The highest BCUT2D eigenvalue weighted by atomic mass is 16.4. The van der Waals surface area contributed by atoms with Gasteiger partial charge in [0.2, 0.25) is 17.7 Å². The van der Waals surface area contributed by atoms with Gasteiger partial charge in [-0.05, 0) is 74.2 Å². The van der Waals surface area contributed by atoms with Crippen molar-refractivity contribution >= 4 is 28.9 Å². The van der Waals surface area contributed by atoms with Crippen molar-refractivity contribution in [3.05, 3.63) is 99.4 Å². The normalized spacial score (nSPS) is 20.8. The molecule has 0 saturated carbocycles. The van der Waals surface area contributed by atoms with Crippen LogP contribution in [-0.2, 0) is 23.2 Å². The third-order valence-corrected chi connectivity index (χ3v) is 10.1. The molecule has 0 radical (unpaired) electrons. The zero-order valence-electron chi connectivity index (χ0n) is 27.1. The van der Waals surface area contributed by atoms with Crippen LogP contribution >= 0.6 is 0 Å². The standard InChI is InChI=1S/C36H36N8O4/c1-23-3-4-27(19-37-23)31-32-28(20-38-31)9-10-29(39-32)44-18-14-36(34(44)46)13-17-42(22-36)21-30(45)43-15-11-25(12-16-43)24-5-7-26(8-6-24)33-40-41(2)35(47)48-33/h3-11,19H,12-18,20-22H2,1-2H3/t36-/m0/s1. The number of aliphatic imine (C=N–C) groups is 1. The molecule has 0 N–H and O–H groups in total. The maximum absolute atomic E-state index is 13.9. The quantitative estimate of drug-likeness (QED) is 0.313. The third-order valence-electron chi connectivity index (χ3n) is 10.1. The van der Waals surface area contributed by atoms with Crippen molar-refractivity contribution in [2.24, 2.45) is 17.5 Å². The van der Waals surface area contributed by atoms with Crippen molar-refractivity contribution in [3.8, 4) is 11.5 Å². The van der Waals surface area contributed by atoms with Gasteiger partial charge in [0, 0.05) is 61.8 Å². The summed E-state index contributed by atoms with van der Waals surface area (Å²) in [6, 6.07) is 15.7. The molecule has 12 nitrogen and oxygen atoms in total. The first-order valence-electron chi connectivity index (χ1n) is 16.4. The Kier molecular flexibility index (Phi) is 7.39. The number of carbonyl (C=O) groups excluding carboxylic acids is 2. The average Bonchev–Trinajstić information content (AvgIpc) is 3.88. The lowest BCUT2D eigenvalue weighted by molar-refractivity contribution is -0.132. The van der Waals surface area contributed by atoms with Gasteiger partial charge >= 0.3 is 5.76 Å². The molecule has 1 spiro atoms. The van der Waals surface area contributed by atoms with Crippen LogP contribution in [0.1, 0.15) is 47.3 Å². The molecule has 4 aliphatic rings. The van der Waals surface area contributed by atoms with Crippen molar-refractivity contribution < 1.29 is 14.0 Å². The lowest BCUT2D eigenvalue weighted by Gasteiger charge is -2.29. The predicted octanol–water partition coefficient (Wildman–Crippen LogP) is 3.23. The molecule has 0 unspecified atom stereocenters. The van der Waals surface area contributed by atoms with E-state index in [-0.39, 0.29) is 11.8 Å². The van der Waals surface area contributed by atoms with Crippen molar-refractivity contribution in [3.63, 3.8) is 0 Å². The number of hydrogen-bond donors (Lipinski definition) is 0. The maximum atomic E-state index is 13.9. The molecule has 4 aromatic rings. The van der Waals surface area contributed by atoms with E-state index >= 15 is 0 Å². The summed E-state index contributed by atoms with van der Waals surface area (Å²) >= 11 is 0. The summed E-state index contributed by atoms with van der Waals surface area (Å²) in [5, 5.41) is 4.11. The van der Waals surface area contributed by atoms with Crippen molar-refractivity contribution in [2.45, 2.75) is 32.7 Å². The van der Waals surface area contributed by atoms with E-state index in [0.29, 0.717) is 51.0 Å². The fourth-order valence-corrected chi connectivity index (χ4v) is 7.29. The molecule has 4 aliphatic heterocycles. The number of anilines is 1. The molecule has 2 saturated heterocycles. The highest BCUT2D eigenvalue weighted by Crippen LogP contribution is 2.42. The molecular weight excluding hydrogens is 608 g/mol. The second-order valence-electron chi connectivity index (χ2n) is 13.2. The van der Waals surface area contributed by atoms with E-state index in [2.05, 4.69) is 21.1 Å². The number of amides is 2. The van der Waals surface area contributed by atoms with Gasteiger partial charge in [-0.15, -0.1) is 5.10 Å². The molecule has 48 heavy (non-hydrogen) atoms. The fraction of sp³-hybridized carbons (Fsp3) is 0.361. The van der Waals surface area contributed by atoms with Crippen LogP contribution in [0.5, 0.6) is 0 Å². The lowest BCUT2D eigenvalue weighted by Crippen LogP contribution is -2.43. The molecular formula is C36H36N8O4. The summed E-state index contributed by atoms with van der Waals surface area (Å²) in [5.74, 6) is 0.639. The Balaban J connectivity index is 0.881. The van der Waals surface area contributed by atoms with Crippen LogP contribution < -0.4 is 10.7 Å². The summed E-state index contributed by atoms with van der Waals surface area (Å²) in [7, 11) is 1.55. The van der Waals surface area contributed by atoms with E-state index in [9.17, 15) is 14.4 Å². The molecule has 2 amide bonds. The van der Waals surface area contributed by atoms with Crippen molar-refractivity contribution in [1.29, 1.82) is 0 Å². The predicted molar refractivity (Wildman–Crippen MR) is 179 cm³/mol. The number of likely N-dealkylation sites (tertiary alicyclic amines) is 1. The van der Waals surface area contributed by atoms with Crippen LogP contribution in [0.25, 0.3) is 17.0 Å². The molecule has 1 atom stereocenters. The summed E-state index contributed by atoms with van der Waals surface area (Å²) in [6.45, 7) is 5.94. The van der Waals surface area contributed by atoms with E-state index in [1.807, 2.05) is 71.5 Å². The highest BCUT2D eigenvalue weighted by Gasteiger charge is 2.51. The van der Waals surface area contributed by atoms with Gasteiger partial charge in [-0.25, -0.2) is 9.78 Å². The number of hydrogen-bond acceptors (Lipinski definition) is 9. The summed E-state index contributed by atoms with van der Waals surface area (Å²) in [5.41, 5.74) is 7.06. The largest absolute Gasteiger partial charge is 0.437 e. The summed E-state index contributed by atoms with van der Waals surface area (Å²) in [6.07, 6.45) is 6.18. The Bertz CT molecular complexity index is 2050. The second kappa shape index (κ2) is 11.8. The van der Waals surface area contributed by atoms with E-state index in [1.165, 1.54) is 10.3 Å². The lowest BCUT2D eigenvalue weighted by atomic mass is 9.85. The Morgan fingerprint density at radius 1 is 0.958 bits per heavy atom. The zero-order valence-corrected chi connectivity index (χ0v) is 27.1. The van der Waals surface area contributed by atoms with Crippen LogP contribution in [0, 0.1) is 12.3 Å². The number of benzene rings is 1. The number of fused-ring (bicyclic) bond motifs is 1. The van der Waals surface area contributed by atoms with Gasteiger partial charge in [0.15, 0.2) is 0 Å². The number of aryl methyl sites for hydroxylation is 2. The number of carbonyl (C=O) groups is 2. The van der Waals surface area contributed by atoms with Gasteiger partial charge in [0.1, 0.15) is 5.82 Å². The first-order chi connectivity index (χ1) is 23.3. The van der Waals surface area contributed by atoms with Crippen LogP contribution in [0.3, 0.4) is 0 Å². The smallest absolute Gasteiger partial charge is 0.388 e. The van der Waals surface area contributed by atoms with Crippen LogP contribution in [-0.4, -0.2) is 86.3 Å². The molecule has 2 fully saturated rings. The van der Waals surface area contributed by atoms with Gasteiger partial charge in [-0.1, -0.05) is 24.3 Å². The van der Waals surface area contributed by atoms with Gasteiger partial charge in [0.25, 0.3) is 0 Å². The third kappa shape index (κ3) is 5.35. The van der Waals surface area contributed by atoms with Crippen molar-refractivity contribution in [2.75, 3.05) is 44.2 Å². The molecule has 0 aliphatic carbocycles. The summed E-state index contributed by atoms with van der Waals surface area (Å²) < 4.78 is 6.35. The Morgan fingerprint density at radius 3 is 2.48 bits per heavy atom. The first-order valence-corrected chi connectivity index (χ1v) is 16.4. The van der Waals surface area contributed by atoms with Gasteiger partial charge < -0.3 is 9.32 Å². The second-order valence-corrected chi connectivity index (χ2v) is 13.2. The van der Waals surface area contributed by atoms with E-state index in [4.69, 9.17) is 14.4 Å². The minimum Gasteiger partial charge on any atom is -0.388 e. The molecule has 0 bridgehead atoms.